The lowest BCUT2D eigenvalue weighted by Gasteiger charge is -2.38. The molecule has 6 rings (SSSR count). The molecule has 1 aliphatic heterocycles. The summed E-state index contributed by atoms with van der Waals surface area (Å²) < 4.78 is 18.8. The predicted molar refractivity (Wildman–Crippen MR) is 147 cm³/mol. The van der Waals surface area contributed by atoms with Gasteiger partial charge in [-0.05, 0) is 28.8 Å². The average Bonchev–Trinajstić information content (AvgIpc) is 3.51. The van der Waals surface area contributed by atoms with E-state index in [1.807, 2.05) is 72.8 Å². The highest BCUT2D eigenvalue weighted by Gasteiger charge is 2.53. The van der Waals surface area contributed by atoms with Crippen LogP contribution in [0, 0.1) is 11.8 Å². The van der Waals surface area contributed by atoms with Gasteiger partial charge in [0.2, 0.25) is 0 Å². The summed E-state index contributed by atoms with van der Waals surface area (Å²) in [6.07, 6.45) is 0.0607. The van der Waals surface area contributed by atoms with Crippen LogP contribution in [0.2, 0.25) is 0 Å². The highest BCUT2D eigenvalue weighted by molar-refractivity contribution is 5.89. The fraction of sp³-hybridized carbons (Fsp3) is 0.235. The number of hydrogen-bond acceptors (Lipinski definition) is 5. The first-order valence-electron chi connectivity index (χ1n) is 13.4. The zero-order valence-corrected chi connectivity index (χ0v) is 21.5. The van der Waals surface area contributed by atoms with Gasteiger partial charge < -0.3 is 14.2 Å². The Morgan fingerprint density at radius 3 is 1.74 bits per heavy atom. The van der Waals surface area contributed by atoms with Crippen molar-refractivity contribution in [3.05, 3.63) is 144 Å². The number of rotatable bonds is 8. The summed E-state index contributed by atoms with van der Waals surface area (Å²) in [6.45, 7) is 0.281. The van der Waals surface area contributed by atoms with Crippen LogP contribution in [0.3, 0.4) is 0 Å². The first-order chi connectivity index (χ1) is 19.1. The van der Waals surface area contributed by atoms with E-state index in [0.29, 0.717) is 18.4 Å². The molecular weight excluding hydrogens is 488 g/mol. The first-order valence-corrected chi connectivity index (χ1v) is 13.4. The molecule has 0 aromatic heterocycles. The van der Waals surface area contributed by atoms with Crippen LogP contribution in [0.4, 0.5) is 0 Å². The minimum absolute atomic E-state index is 0.0777. The Hall–Kier alpha value is -4.22. The Morgan fingerprint density at radius 1 is 0.744 bits per heavy atom. The minimum atomic E-state index is -0.903. The number of benzene rings is 4. The molecule has 5 heteroatoms. The second-order valence-electron chi connectivity index (χ2n) is 10.2. The van der Waals surface area contributed by atoms with Crippen LogP contribution in [-0.2, 0) is 24.6 Å². The van der Waals surface area contributed by atoms with E-state index in [2.05, 4.69) is 36.4 Å². The molecule has 2 fully saturated rings. The number of fused-ring (bicyclic) bond motifs is 1. The summed E-state index contributed by atoms with van der Waals surface area (Å²) in [5.74, 6) is -0.865. The van der Waals surface area contributed by atoms with Crippen molar-refractivity contribution < 1.29 is 23.8 Å². The lowest BCUT2D eigenvalue weighted by molar-refractivity contribution is -0.141. The quantitative estimate of drug-likeness (QED) is 0.206. The monoisotopic (exact) mass is 518 g/mol. The SMILES string of the molecule is O=C1CC2C(C[C@@H](OC(=O)c3ccccc3)[C@@H]2COC(c2ccccc2)(c2ccccc2)c2ccccc2)O1. The molecule has 0 bridgehead atoms. The molecule has 0 radical (unpaired) electrons. The van der Waals surface area contributed by atoms with Gasteiger partial charge in [-0.25, -0.2) is 4.79 Å². The molecular formula is C34H30O5. The standard InChI is InChI=1S/C34H30O5/c35-32-21-28-29(31(22-30(28)38-32)39-33(36)24-13-5-1-6-14-24)23-37-34(25-15-7-2-8-16-25,26-17-9-3-10-18-26)27-19-11-4-12-20-27/h1-20,28-31H,21-23H2/t28?,29-,30?,31-/m1/s1. The highest BCUT2D eigenvalue weighted by Crippen LogP contribution is 2.46. The summed E-state index contributed by atoms with van der Waals surface area (Å²) in [7, 11) is 0. The van der Waals surface area contributed by atoms with Crippen LogP contribution < -0.4 is 0 Å². The van der Waals surface area contributed by atoms with Crippen LogP contribution in [0.5, 0.6) is 0 Å². The molecule has 0 N–H and O–H groups in total. The molecule has 4 aromatic rings. The van der Waals surface area contributed by atoms with E-state index in [1.165, 1.54) is 0 Å². The molecule has 0 amide bonds. The smallest absolute Gasteiger partial charge is 0.338 e. The molecule has 1 heterocycles. The second kappa shape index (κ2) is 10.9. The number of hydrogen-bond donors (Lipinski definition) is 0. The van der Waals surface area contributed by atoms with Gasteiger partial charge in [0.15, 0.2) is 0 Å². The van der Waals surface area contributed by atoms with Crippen LogP contribution in [0.1, 0.15) is 39.9 Å². The van der Waals surface area contributed by atoms with E-state index in [1.54, 1.807) is 12.1 Å². The van der Waals surface area contributed by atoms with Gasteiger partial charge >= 0.3 is 11.9 Å². The lowest BCUT2D eigenvalue weighted by atomic mass is 9.79. The molecule has 1 saturated carbocycles. The maximum atomic E-state index is 13.0. The van der Waals surface area contributed by atoms with Crippen molar-refractivity contribution in [2.24, 2.45) is 11.8 Å². The van der Waals surface area contributed by atoms with E-state index in [9.17, 15) is 9.59 Å². The van der Waals surface area contributed by atoms with E-state index in [0.717, 1.165) is 16.7 Å². The summed E-state index contributed by atoms with van der Waals surface area (Å²) in [5, 5.41) is 0. The number of ether oxygens (including phenoxy) is 3. The van der Waals surface area contributed by atoms with Gasteiger partial charge in [-0.15, -0.1) is 0 Å². The maximum Gasteiger partial charge on any atom is 0.338 e. The Morgan fingerprint density at radius 2 is 1.23 bits per heavy atom. The molecule has 2 aliphatic rings. The Kier molecular flexibility index (Phi) is 6.99. The van der Waals surface area contributed by atoms with Crippen LogP contribution in [0.25, 0.3) is 0 Å². The van der Waals surface area contributed by atoms with Gasteiger partial charge in [-0.3, -0.25) is 4.79 Å². The van der Waals surface area contributed by atoms with E-state index < -0.39 is 11.7 Å². The zero-order chi connectivity index (χ0) is 26.7. The zero-order valence-electron chi connectivity index (χ0n) is 21.5. The second-order valence-corrected chi connectivity index (χ2v) is 10.2. The number of carbonyl (C=O) groups is 2. The largest absolute Gasteiger partial charge is 0.462 e. The fourth-order valence-corrected chi connectivity index (χ4v) is 6.09. The first kappa shape index (κ1) is 25.1. The summed E-state index contributed by atoms with van der Waals surface area (Å²) >= 11 is 0. The summed E-state index contributed by atoms with van der Waals surface area (Å²) in [4.78, 5) is 25.3. The van der Waals surface area contributed by atoms with Gasteiger partial charge in [-0.1, -0.05) is 109 Å². The normalized spacial score (nSPS) is 22.2. The predicted octanol–water partition coefficient (Wildman–Crippen LogP) is 6.17. The van der Waals surface area contributed by atoms with Gasteiger partial charge in [0, 0.05) is 18.3 Å². The summed E-state index contributed by atoms with van der Waals surface area (Å²) in [5.41, 5.74) is 2.58. The van der Waals surface area contributed by atoms with Crippen molar-refractivity contribution in [3.8, 4) is 0 Å². The van der Waals surface area contributed by atoms with Crippen molar-refractivity contribution in [1.82, 2.24) is 0 Å². The third-order valence-corrected chi connectivity index (χ3v) is 7.96. The lowest BCUT2D eigenvalue weighted by Crippen LogP contribution is -2.38. The number of carbonyl (C=O) groups excluding carboxylic acids is 2. The molecule has 0 spiro atoms. The Labute approximate surface area is 228 Å². The molecule has 5 nitrogen and oxygen atoms in total. The average molecular weight is 519 g/mol. The van der Waals surface area contributed by atoms with Crippen LogP contribution >= 0.6 is 0 Å². The van der Waals surface area contributed by atoms with Crippen molar-refractivity contribution in [2.45, 2.75) is 30.7 Å². The van der Waals surface area contributed by atoms with E-state index in [-0.39, 0.29) is 36.5 Å². The molecule has 2 unspecified atom stereocenters. The van der Waals surface area contributed by atoms with Gasteiger partial charge in [0.25, 0.3) is 0 Å². The molecule has 39 heavy (non-hydrogen) atoms. The highest BCUT2D eigenvalue weighted by atomic mass is 16.6. The van der Waals surface area contributed by atoms with Crippen molar-refractivity contribution in [3.63, 3.8) is 0 Å². The fourth-order valence-electron chi connectivity index (χ4n) is 6.09. The van der Waals surface area contributed by atoms with Crippen LogP contribution in [-0.4, -0.2) is 30.8 Å². The van der Waals surface area contributed by atoms with Gasteiger partial charge in [0.05, 0.1) is 18.6 Å². The third kappa shape index (κ3) is 4.86. The van der Waals surface area contributed by atoms with Gasteiger partial charge in [0.1, 0.15) is 17.8 Å². The maximum absolute atomic E-state index is 13.0. The number of esters is 2. The van der Waals surface area contributed by atoms with Gasteiger partial charge in [-0.2, -0.15) is 0 Å². The Balaban J connectivity index is 1.37. The van der Waals surface area contributed by atoms with Crippen molar-refractivity contribution >= 4 is 11.9 Å². The van der Waals surface area contributed by atoms with Crippen LogP contribution in [0.15, 0.2) is 121 Å². The minimum Gasteiger partial charge on any atom is -0.462 e. The van der Waals surface area contributed by atoms with E-state index >= 15 is 0 Å². The van der Waals surface area contributed by atoms with E-state index in [4.69, 9.17) is 14.2 Å². The molecule has 1 aliphatic carbocycles. The topological polar surface area (TPSA) is 61.8 Å². The Bertz CT molecular complexity index is 1310. The van der Waals surface area contributed by atoms with Crippen molar-refractivity contribution in [2.75, 3.05) is 6.61 Å². The summed E-state index contributed by atoms with van der Waals surface area (Å²) in [6, 6.07) is 39.5. The molecule has 1 saturated heterocycles. The molecule has 4 atom stereocenters. The molecule has 196 valence electrons. The van der Waals surface area contributed by atoms with Crippen molar-refractivity contribution in [1.29, 1.82) is 0 Å². The third-order valence-electron chi connectivity index (χ3n) is 7.96. The molecule has 4 aromatic carbocycles.